The number of methoxy groups -OCH3 is 1. The van der Waals surface area contributed by atoms with Crippen LogP contribution in [-0.2, 0) is 16.0 Å². The normalized spacial score (nSPS) is 16.1. The fraction of sp³-hybridized carbons (Fsp3) is 0.238. The Morgan fingerprint density at radius 2 is 1.97 bits per heavy atom. The van der Waals surface area contributed by atoms with Crippen LogP contribution >= 0.6 is 0 Å². The van der Waals surface area contributed by atoms with Gasteiger partial charge in [-0.2, -0.15) is 4.98 Å². The summed E-state index contributed by atoms with van der Waals surface area (Å²) >= 11 is 0. The van der Waals surface area contributed by atoms with E-state index in [4.69, 9.17) is 4.74 Å². The van der Waals surface area contributed by atoms with Crippen LogP contribution in [0.1, 0.15) is 17.8 Å². The number of para-hydroxylation sites is 1. The number of carbonyl (C=O) groups is 2. The number of hydrogen-bond acceptors (Lipinski definition) is 5. The van der Waals surface area contributed by atoms with Gasteiger partial charge in [0.1, 0.15) is 11.6 Å². The van der Waals surface area contributed by atoms with Gasteiger partial charge in [0, 0.05) is 25.1 Å². The topological polar surface area (TPSA) is 100 Å². The maximum atomic E-state index is 12.6. The highest BCUT2D eigenvalue weighted by Crippen LogP contribution is 2.25. The summed E-state index contributed by atoms with van der Waals surface area (Å²) in [6, 6.07) is 17.0. The third-order valence-electron chi connectivity index (χ3n) is 4.86. The molecule has 1 fully saturated rings. The zero-order valence-corrected chi connectivity index (χ0v) is 16.0. The van der Waals surface area contributed by atoms with Crippen molar-refractivity contribution in [3.8, 4) is 5.75 Å². The minimum Gasteiger partial charge on any atom is -0.497 e. The molecule has 8 nitrogen and oxygen atoms in total. The number of hydrogen-bond donors (Lipinski definition) is 2. The van der Waals surface area contributed by atoms with E-state index in [2.05, 4.69) is 20.5 Å². The number of amides is 2. The number of anilines is 2. The average molecular weight is 391 g/mol. The average Bonchev–Trinajstić information content (AvgIpc) is 3.35. The number of H-pyrrole nitrogens is 1. The van der Waals surface area contributed by atoms with Gasteiger partial charge in [-0.3, -0.25) is 20.0 Å². The van der Waals surface area contributed by atoms with Crippen LogP contribution in [0.5, 0.6) is 5.75 Å². The first-order valence-electron chi connectivity index (χ1n) is 9.33. The van der Waals surface area contributed by atoms with Gasteiger partial charge in [0.2, 0.25) is 17.8 Å². The highest BCUT2D eigenvalue weighted by molar-refractivity contribution is 6.03. The highest BCUT2D eigenvalue weighted by Gasteiger charge is 2.35. The molecule has 0 saturated carbocycles. The van der Waals surface area contributed by atoms with Gasteiger partial charge >= 0.3 is 0 Å². The van der Waals surface area contributed by atoms with Gasteiger partial charge in [0.25, 0.3) is 0 Å². The van der Waals surface area contributed by atoms with Gasteiger partial charge in [0.05, 0.1) is 13.0 Å². The van der Waals surface area contributed by atoms with Crippen molar-refractivity contribution >= 4 is 23.5 Å². The fourth-order valence-electron chi connectivity index (χ4n) is 3.32. The molecule has 1 aliphatic heterocycles. The van der Waals surface area contributed by atoms with E-state index in [9.17, 15) is 9.59 Å². The second kappa shape index (κ2) is 8.14. The molecule has 3 aromatic rings. The first kappa shape index (κ1) is 18.7. The molecule has 4 rings (SSSR count). The lowest BCUT2D eigenvalue weighted by atomic mass is 10.1. The van der Waals surface area contributed by atoms with E-state index in [-0.39, 0.29) is 24.2 Å². The second-order valence-electron chi connectivity index (χ2n) is 6.86. The summed E-state index contributed by atoms with van der Waals surface area (Å²) in [5, 5.41) is 9.61. The lowest BCUT2D eigenvalue weighted by Crippen LogP contribution is -2.28. The summed E-state index contributed by atoms with van der Waals surface area (Å²) in [4.78, 5) is 30.8. The van der Waals surface area contributed by atoms with Crippen molar-refractivity contribution < 1.29 is 14.3 Å². The molecule has 2 N–H and O–H groups in total. The number of benzene rings is 2. The van der Waals surface area contributed by atoms with Crippen LogP contribution in [0.3, 0.4) is 0 Å². The second-order valence-corrected chi connectivity index (χ2v) is 6.86. The largest absolute Gasteiger partial charge is 0.497 e. The van der Waals surface area contributed by atoms with Gasteiger partial charge in [-0.15, -0.1) is 5.10 Å². The molecule has 2 heterocycles. The molecular weight excluding hydrogens is 370 g/mol. The summed E-state index contributed by atoms with van der Waals surface area (Å²) in [7, 11) is 1.62. The van der Waals surface area contributed by atoms with Crippen LogP contribution < -0.4 is 15.0 Å². The molecule has 1 aromatic heterocycles. The number of ether oxygens (including phenoxy) is 1. The molecule has 1 atom stereocenters. The fourth-order valence-corrected chi connectivity index (χ4v) is 3.32. The van der Waals surface area contributed by atoms with Gasteiger partial charge in [-0.25, -0.2) is 0 Å². The zero-order chi connectivity index (χ0) is 20.2. The predicted molar refractivity (Wildman–Crippen MR) is 108 cm³/mol. The van der Waals surface area contributed by atoms with Crippen molar-refractivity contribution in [2.75, 3.05) is 23.9 Å². The molecule has 2 aromatic carbocycles. The molecule has 148 valence electrons. The van der Waals surface area contributed by atoms with E-state index >= 15 is 0 Å². The molecule has 0 spiro atoms. The molecule has 1 aliphatic rings. The number of carbonyl (C=O) groups excluding carboxylic acids is 2. The molecule has 0 aliphatic carbocycles. The van der Waals surface area contributed by atoms with E-state index in [0.717, 1.165) is 17.0 Å². The summed E-state index contributed by atoms with van der Waals surface area (Å²) in [6.07, 6.45) is 0.723. The first-order chi connectivity index (χ1) is 14.1. The molecule has 0 bridgehead atoms. The molecule has 29 heavy (non-hydrogen) atoms. The minimum absolute atomic E-state index is 0.0634. The Morgan fingerprint density at radius 1 is 1.21 bits per heavy atom. The van der Waals surface area contributed by atoms with Crippen LogP contribution in [0, 0.1) is 5.92 Å². The van der Waals surface area contributed by atoms with Crippen molar-refractivity contribution in [3.05, 3.63) is 66.0 Å². The van der Waals surface area contributed by atoms with Crippen molar-refractivity contribution in [3.63, 3.8) is 0 Å². The van der Waals surface area contributed by atoms with Gasteiger partial charge < -0.3 is 9.64 Å². The Kier molecular flexibility index (Phi) is 5.24. The third kappa shape index (κ3) is 4.26. The SMILES string of the molecule is COc1ccc(Cc2nc(NC(=O)[C@H]3CC(=O)N(c4ccccc4)C3)n[nH]2)cc1. The quantitative estimate of drug-likeness (QED) is 0.672. The molecule has 8 heteroatoms. The maximum absolute atomic E-state index is 12.6. The van der Waals surface area contributed by atoms with Crippen molar-refractivity contribution in [1.82, 2.24) is 15.2 Å². The van der Waals surface area contributed by atoms with E-state index < -0.39 is 5.92 Å². The van der Waals surface area contributed by atoms with Gasteiger partial charge in [-0.05, 0) is 29.8 Å². The van der Waals surface area contributed by atoms with E-state index in [1.54, 1.807) is 12.0 Å². The molecule has 2 amide bonds. The Hall–Kier alpha value is -3.68. The number of nitrogens with zero attached hydrogens (tertiary/aromatic N) is 3. The summed E-state index contributed by atoms with van der Waals surface area (Å²) < 4.78 is 5.15. The lowest BCUT2D eigenvalue weighted by Gasteiger charge is -2.16. The van der Waals surface area contributed by atoms with Crippen LogP contribution in [0.2, 0.25) is 0 Å². The van der Waals surface area contributed by atoms with Gasteiger partial charge in [-0.1, -0.05) is 30.3 Å². The smallest absolute Gasteiger partial charge is 0.248 e. The van der Waals surface area contributed by atoms with E-state index in [1.807, 2.05) is 54.6 Å². The van der Waals surface area contributed by atoms with Crippen LogP contribution in [-0.4, -0.2) is 40.7 Å². The summed E-state index contributed by atoms with van der Waals surface area (Å²) in [6.45, 7) is 0.345. The monoisotopic (exact) mass is 391 g/mol. The van der Waals surface area contributed by atoms with Crippen LogP contribution in [0.25, 0.3) is 0 Å². The molecule has 0 radical (unpaired) electrons. The van der Waals surface area contributed by atoms with Crippen LogP contribution in [0.15, 0.2) is 54.6 Å². The first-order valence-corrected chi connectivity index (χ1v) is 9.33. The molecular formula is C21H21N5O3. The maximum Gasteiger partial charge on any atom is 0.248 e. The van der Waals surface area contributed by atoms with Gasteiger partial charge in [0.15, 0.2) is 0 Å². The van der Waals surface area contributed by atoms with E-state index in [0.29, 0.717) is 18.8 Å². The third-order valence-corrected chi connectivity index (χ3v) is 4.86. The number of nitrogens with one attached hydrogen (secondary N) is 2. The number of aromatic nitrogens is 3. The Morgan fingerprint density at radius 3 is 2.69 bits per heavy atom. The number of rotatable bonds is 6. The van der Waals surface area contributed by atoms with Crippen molar-refractivity contribution in [2.45, 2.75) is 12.8 Å². The zero-order valence-electron chi connectivity index (χ0n) is 16.0. The Labute approximate surface area is 167 Å². The predicted octanol–water partition coefficient (Wildman–Crippen LogP) is 2.40. The molecule has 1 saturated heterocycles. The Balaban J connectivity index is 1.36. The minimum atomic E-state index is -0.439. The van der Waals surface area contributed by atoms with E-state index in [1.165, 1.54) is 0 Å². The van der Waals surface area contributed by atoms with Crippen LogP contribution in [0.4, 0.5) is 11.6 Å². The standard InChI is InChI=1S/C21H21N5O3/c1-29-17-9-7-14(8-10-17)11-18-22-21(25-24-18)23-20(28)15-12-19(27)26(13-15)16-5-3-2-4-6-16/h2-10,15H,11-13H2,1H3,(H2,22,23,24,25,28)/t15-/m0/s1. The molecule has 0 unspecified atom stereocenters. The summed E-state index contributed by atoms with van der Waals surface area (Å²) in [5.41, 5.74) is 1.84. The highest BCUT2D eigenvalue weighted by atomic mass is 16.5. The number of aromatic amines is 1. The van der Waals surface area contributed by atoms with Crippen molar-refractivity contribution in [1.29, 1.82) is 0 Å². The lowest BCUT2D eigenvalue weighted by molar-refractivity contribution is -0.122. The summed E-state index contributed by atoms with van der Waals surface area (Å²) in [5.74, 6) is 0.877. The Bertz CT molecular complexity index is 1000. The van der Waals surface area contributed by atoms with Crippen molar-refractivity contribution in [2.24, 2.45) is 5.92 Å².